The third-order valence-electron chi connectivity index (χ3n) is 4.28. The maximum absolute atomic E-state index is 6.02. The van der Waals surface area contributed by atoms with Crippen LogP contribution in [0.3, 0.4) is 0 Å². The molecular weight excluding hydrogens is 284 g/mol. The average Bonchev–Trinajstić information content (AvgIpc) is 2.67. The van der Waals surface area contributed by atoms with Gasteiger partial charge in [0.1, 0.15) is 0 Å². The number of anilines is 1. The predicted octanol–water partition coefficient (Wildman–Crippen LogP) is 3.54. The Morgan fingerprint density at radius 1 is 1.10 bits per heavy atom. The van der Waals surface area contributed by atoms with Crippen molar-refractivity contribution in [3.05, 3.63) is 23.2 Å². The van der Waals surface area contributed by atoms with E-state index in [-0.39, 0.29) is 0 Å². The van der Waals surface area contributed by atoms with Crippen molar-refractivity contribution in [2.45, 2.75) is 38.6 Å². The zero-order valence-corrected chi connectivity index (χ0v) is 13.1. The molecule has 0 spiro atoms. The molecule has 1 saturated heterocycles. The van der Waals surface area contributed by atoms with Crippen molar-refractivity contribution >= 4 is 28.3 Å². The molecule has 1 aliphatic rings. The Balaban J connectivity index is 1.62. The van der Waals surface area contributed by atoms with Crippen molar-refractivity contribution in [1.82, 2.24) is 14.7 Å². The van der Waals surface area contributed by atoms with Crippen LogP contribution in [0.1, 0.15) is 32.1 Å². The number of hydrogen-bond donors (Lipinski definition) is 1. The molecule has 2 N–H and O–H groups in total. The number of fused-ring (bicyclic) bond motifs is 1. The molecule has 4 nitrogen and oxygen atoms in total. The molecule has 21 heavy (non-hydrogen) atoms. The zero-order valence-electron chi connectivity index (χ0n) is 12.4. The van der Waals surface area contributed by atoms with Gasteiger partial charge in [-0.25, -0.2) is 0 Å². The van der Waals surface area contributed by atoms with Gasteiger partial charge in [-0.2, -0.15) is 5.10 Å². The summed E-state index contributed by atoms with van der Waals surface area (Å²) in [5.41, 5.74) is 7.06. The van der Waals surface area contributed by atoms with Gasteiger partial charge in [-0.3, -0.25) is 4.68 Å². The molecule has 2 heterocycles. The highest BCUT2D eigenvalue weighted by atomic mass is 35.5. The SMILES string of the molecule is Nc1nn(CCCN2CCCCCC2)c2ccc(Cl)cc12. The van der Waals surface area contributed by atoms with E-state index in [0.29, 0.717) is 10.8 Å². The summed E-state index contributed by atoms with van der Waals surface area (Å²) in [4.78, 5) is 2.58. The molecule has 0 atom stereocenters. The molecule has 0 radical (unpaired) electrons. The number of nitrogens with two attached hydrogens (primary N) is 1. The Bertz CT molecular complexity index is 600. The third kappa shape index (κ3) is 3.50. The third-order valence-corrected chi connectivity index (χ3v) is 4.52. The molecule has 1 fully saturated rings. The lowest BCUT2D eigenvalue weighted by Gasteiger charge is -2.19. The normalized spacial score (nSPS) is 17.2. The number of nitrogens with zero attached hydrogens (tertiary/aromatic N) is 3. The highest BCUT2D eigenvalue weighted by Gasteiger charge is 2.11. The van der Waals surface area contributed by atoms with Crippen LogP contribution in [0.25, 0.3) is 10.9 Å². The minimum Gasteiger partial charge on any atom is -0.382 e. The van der Waals surface area contributed by atoms with E-state index < -0.39 is 0 Å². The van der Waals surface area contributed by atoms with Gasteiger partial charge in [0.25, 0.3) is 0 Å². The Morgan fingerprint density at radius 3 is 2.62 bits per heavy atom. The molecule has 0 bridgehead atoms. The van der Waals surface area contributed by atoms with E-state index >= 15 is 0 Å². The topological polar surface area (TPSA) is 47.1 Å². The molecule has 2 aromatic rings. The summed E-state index contributed by atoms with van der Waals surface area (Å²) < 4.78 is 2.01. The number of halogens is 1. The lowest BCUT2D eigenvalue weighted by atomic mass is 10.2. The molecule has 1 aromatic carbocycles. The summed E-state index contributed by atoms with van der Waals surface area (Å²) >= 11 is 6.02. The van der Waals surface area contributed by atoms with E-state index in [1.165, 1.54) is 38.8 Å². The van der Waals surface area contributed by atoms with Crippen molar-refractivity contribution < 1.29 is 0 Å². The fourth-order valence-corrected chi connectivity index (χ4v) is 3.32. The van der Waals surface area contributed by atoms with Gasteiger partial charge >= 0.3 is 0 Å². The lowest BCUT2D eigenvalue weighted by molar-refractivity contribution is 0.274. The maximum Gasteiger partial charge on any atom is 0.153 e. The summed E-state index contributed by atoms with van der Waals surface area (Å²) in [5.74, 6) is 0.572. The molecule has 114 valence electrons. The number of aryl methyl sites for hydroxylation is 1. The number of hydrogen-bond acceptors (Lipinski definition) is 3. The summed E-state index contributed by atoms with van der Waals surface area (Å²) in [6, 6.07) is 5.80. The van der Waals surface area contributed by atoms with Crippen LogP contribution in [-0.2, 0) is 6.54 Å². The first-order valence-corrected chi connectivity index (χ1v) is 8.26. The largest absolute Gasteiger partial charge is 0.382 e. The van der Waals surface area contributed by atoms with Gasteiger partial charge < -0.3 is 10.6 Å². The van der Waals surface area contributed by atoms with Gasteiger partial charge in [0.2, 0.25) is 0 Å². The maximum atomic E-state index is 6.02. The van der Waals surface area contributed by atoms with Crippen molar-refractivity contribution in [1.29, 1.82) is 0 Å². The van der Waals surface area contributed by atoms with Gasteiger partial charge in [-0.1, -0.05) is 24.4 Å². The van der Waals surface area contributed by atoms with E-state index in [1.54, 1.807) is 0 Å². The second kappa shape index (κ2) is 6.67. The second-order valence-corrected chi connectivity index (χ2v) is 6.32. The summed E-state index contributed by atoms with van der Waals surface area (Å²) in [6.45, 7) is 4.55. The Labute approximate surface area is 130 Å². The van der Waals surface area contributed by atoms with E-state index in [2.05, 4.69) is 10.00 Å². The first kappa shape index (κ1) is 14.7. The van der Waals surface area contributed by atoms with Crippen LogP contribution in [-0.4, -0.2) is 34.3 Å². The number of rotatable bonds is 4. The van der Waals surface area contributed by atoms with Crippen LogP contribution < -0.4 is 5.73 Å². The Hall–Kier alpha value is -1.26. The van der Waals surface area contributed by atoms with Crippen LogP contribution in [0, 0.1) is 0 Å². The van der Waals surface area contributed by atoms with Crippen LogP contribution in [0.5, 0.6) is 0 Å². The molecule has 3 rings (SSSR count). The number of benzene rings is 1. The summed E-state index contributed by atoms with van der Waals surface area (Å²) in [5, 5.41) is 6.11. The van der Waals surface area contributed by atoms with E-state index in [1.807, 2.05) is 22.9 Å². The van der Waals surface area contributed by atoms with E-state index in [9.17, 15) is 0 Å². The van der Waals surface area contributed by atoms with Crippen LogP contribution in [0.2, 0.25) is 5.02 Å². The molecule has 0 saturated carbocycles. The first-order chi connectivity index (χ1) is 10.2. The lowest BCUT2D eigenvalue weighted by Crippen LogP contribution is -2.26. The summed E-state index contributed by atoms with van der Waals surface area (Å²) in [7, 11) is 0. The van der Waals surface area contributed by atoms with E-state index in [0.717, 1.165) is 30.4 Å². The van der Waals surface area contributed by atoms with E-state index in [4.69, 9.17) is 17.3 Å². The molecular formula is C16H23ClN4. The molecule has 5 heteroatoms. The zero-order chi connectivity index (χ0) is 14.7. The molecule has 0 amide bonds. The van der Waals surface area contributed by atoms with Gasteiger partial charge in [0.05, 0.1) is 5.52 Å². The molecule has 0 aliphatic carbocycles. The molecule has 1 aromatic heterocycles. The predicted molar refractivity (Wildman–Crippen MR) is 88.7 cm³/mol. The second-order valence-electron chi connectivity index (χ2n) is 5.88. The quantitative estimate of drug-likeness (QED) is 0.940. The summed E-state index contributed by atoms with van der Waals surface area (Å²) in [6.07, 6.45) is 6.57. The van der Waals surface area contributed by atoms with Crippen molar-refractivity contribution in [2.24, 2.45) is 0 Å². The standard InChI is InChI=1S/C16H23ClN4/c17-13-6-7-15-14(12-13)16(18)19-21(15)11-5-10-20-8-3-1-2-4-9-20/h6-7,12H,1-5,8-11H2,(H2,18,19). The molecule has 1 aliphatic heterocycles. The highest BCUT2D eigenvalue weighted by molar-refractivity contribution is 6.31. The fourth-order valence-electron chi connectivity index (χ4n) is 3.15. The number of nitrogen functional groups attached to an aromatic ring is 1. The van der Waals surface area contributed by atoms with Gasteiger partial charge in [0.15, 0.2) is 5.82 Å². The Kier molecular flexibility index (Phi) is 4.66. The van der Waals surface area contributed by atoms with Gasteiger partial charge in [-0.15, -0.1) is 0 Å². The average molecular weight is 307 g/mol. The Morgan fingerprint density at radius 2 is 1.86 bits per heavy atom. The van der Waals surface area contributed by atoms with Gasteiger partial charge in [-0.05, 0) is 57.1 Å². The smallest absolute Gasteiger partial charge is 0.153 e. The minimum absolute atomic E-state index is 0.572. The monoisotopic (exact) mass is 306 g/mol. The fraction of sp³-hybridized carbons (Fsp3) is 0.562. The van der Waals surface area contributed by atoms with Crippen LogP contribution in [0.15, 0.2) is 18.2 Å². The minimum atomic E-state index is 0.572. The van der Waals surface area contributed by atoms with Gasteiger partial charge in [0, 0.05) is 17.0 Å². The number of aromatic nitrogens is 2. The van der Waals surface area contributed by atoms with Crippen molar-refractivity contribution in [3.63, 3.8) is 0 Å². The molecule has 0 unspecified atom stereocenters. The van der Waals surface area contributed by atoms with Crippen molar-refractivity contribution in [3.8, 4) is 0 Å². The van der Waals surface area contributed by atoms with Crippen LogP contribution in [0.4, 0.5) is 5.82 Å². The van der Waals surface area contributed by atoms with Crippen molar-refractivity contribution in [2.75, 3.05) is 25.4 Å². The van der Waals surface area contributed by atoms with Crippen LogP contribution >= 0.6 is 11.6 Å². The first-order valence-electron chi connectivity index (χ1n) is 7.88. The highest BCUT2D eigenvalue weighted by Crippen LogP contribution is 2.24. The number of likely N-dealkylation sites (tertiary alicyclic amines) is 1.